The van der Waals surface area contributed by atoms with Gasteiger partial charge < -0.3 is 15.1 Å². The Morgan fingerprint density at radius 1 is 0.968 bits per heavy atom. The maximum atomic E-state index is 13.7. The van der Waals surface area contributed by atoms with Gasteiger partial charge in [0.15, 0.2) is 5.58 Å². The maximum absolute atomic E-state index is 13.7. The molecule has 0 saturated carbocycles. The summed E-state index contributed by atoms with van der Waals surface area (Å²) in [6.07, 6.45) is 2.83. The van der Waals surface area contributed by atoms with Crippen LogP contribution >= 0.6 is 0 Å². The van der Waals surface area contributed by atoms with Crippen LogP contribution in [0.2, 0.25) is 0 Å². The van der Waals surface area contributed by atoms with Crippen molar-refractivity contribution >= 4 is 17.0 Å². The summed E-state index contributed by atoms with van der Waals surface area (Å²) < 4.78 is 5.94. The van der Waals surface area contributed by atoms with Crippen LogP contribution in [0, 0.1) is 0 Å². The second-order valence-electron chi connectivity index (χ2n) is 8.02. The number of rotatable bonds is 4. The molecule has 1 fully saturated rings. The minimum Gasteiger partial charge on any atom is -0.439 e. The van der Waals surface area contributed by atoms with E-state index >= 15 is 0 Å². The fourth-order valence-corrected chi connectivity index (χ4v) is 4.47. The Morgan fingerprint density at radius 3 is 2.55 bits per heavy atom. The smallest absolute Gasteiger partial charge is 0.254 e. The highest BCUT2D eigenvalue weighted by Gasteiger charge is 2.35. The van der Waals surface area contributed by atoms with Crippen LogP contribution in [0.5, 0.6) is 0 Å². The molecule has 0 radical (unpaired) electrons. The predicted molar refractivity (Wildman–Crippen MR) is 121 cm³/mol. The Bertz CT molecular complexity index is 1170. The molecule has 0 bridgehead atoms. The number of oxazole rings is 1. The molecule has 2 atom stereocenters. The van der Waals surface area contributed by atoms with Crippen LogP contribution in [0.25, 0.3) is 22.2 Å². The van der Waals surface area contributed by atoms with Crippen LogP contribution in [0.4, 0.5) is 0 Å². The summed E-state index contributed by atoms with van der Waals surface area (Å²) in [5.74, 6) is 0.498. The van der Waals surface area contributed by atoms with Gasteiger partial charge in [-0.3, -0.25) is 4.79 Å². The van der Waals surface area contributed by atoms with Crippen molar-refractivity contribution in [2.24, 2.45) is 5.73 Å². The summed E-state index contributed by atoms with van der Waals surface area (Å²) in [4.78, 5) is 20.2. The molecular weight excluding hydrogens is 386 g/mol. The highest BCUT2D eigenvalue weighted by molar-refractivity contribution is 6.01. The topological polar surface area (TPSA) is 72.4 Å². The number of carbonyl (C=O) groups is 1. The molecule has 2 heterocycles. The summed E-state index contributed by atoms with van der Waals surface area (Å²) in [6.45, 7) is 0.681. The van der Waals surface area contributed by atoms with Gasteiger partial charge in [0, 0.05) is 12.1 Å². The molecule has 31 heavy (non-hydrogen) atoms. The molecule has 1 saturated heterocycles. The number of fused-ring (bicyclic) bond motifs is 1. The van der Waals surface area contributed by atoms with E-state index in [-0.39, 0.29) is 11.9 Å². The van der Waals surface area contributed by atoms with Gasteiger partial charge in [-0.1, -0.05) is 60.7 Å². The van der Waals surface area contributed by atoms with Crippen LogP contribution in [0.1, 0.15) is 41.6 Å². The fourth-order valence-electron chi connectivity index (χ4n) is 4.47. The normalized spacial score (nSPS) is 17.6. The SMILES string of the molecule is NC(c1nc2ccccc2o1)C1CCCCN1C(=O)c1ccccc1-c1ccccc1. The van der Waals surface area contributed by atoms with E-state index in [1.165, 1.54) is 0 Å². The van der Waals surface area contributed by atoms with Crippen molar-refractivity contribution in [1.29, 1.82) is 0 Å². The lowest BCUT2D eigenvalue weighted by Crippen LogP contribution is -2.49. The lowest BCUT2D eigenvalue weighted by atomic mass is 9.93. The monoisotopic (exact) mass is 411 g/mol. The van der Waals surface area contributed by atoms with E-state index in [9.17, 15) is 4.79 Å². The Hall–Kier alpha value is -3.44. The minimum atomic E-state index is -0.472. The third-order valence-corrected chi connectivity index (χ3v) is 6.06. The largest absolute Gasteiger partial charge is 0.439 e. The zero-order valence-corrected chi connectivity index (χ0v) is 17.3. The molecule has 1 aliphatic heterocycles. The number of para-hydroxylation sites is 2. The van der Waals surface area contributed by atoms with Gasteiger partial charge in [-0.15, -0.1) is 0 Å². The number of amides is 1. The van der Waals surface area contributed by atoms with Gasteiger partial charge in [-0.25, -0.2) is 4.98 Å². The molecule has 2 N–H and O–H groups in total. The summed E-state index contributed by atoms with van der Waals surface area (Å²) in [5.41, 5.74) is 10.8. The van der Waals surface area contributed by atoms with Gasteiger partial charge in [-0.2, -0.15) is 0 Å². The first kappa shape index (κ1) is 19.5. The third-order valence-electron chi connectivity index (χ3n) is 6.06. The second kappa shape index (κ2) is 8.36. The number of nitrogens with two attached hydrogens (primary N) is 1. The fraction of sp³-hybridized carbons (Fsp3) is 0.231. The highest BCUT2D eigenvalue weighted by Crippen LogP contribution is 2.32. The molecule has 4 aromatic rings. The van der Waals surface area contributed by atoms with Crippen molar-refractivity contribution < 1.29 is 9.21 Å². The van der Waals surface area contributed by atoms with Crippen molar-refractivity contribution in [2.45, 2.75) is 31.3 Å². The van der Waals surface area contributed by atoms with E-state index < -0.39 is 6.04 Å². The van der Waals surface area contributed by atoms with Gasteiger partial charge in [0.1, 0.15) is 11.6 Å². The summed E-state index contributed by atoms with van der Waals surface area (Å²) in [7, 11) is 0. The highest BCUT2D eigenvalue weighted by atomic mass is 16.3. The Labute approximate surface area is 181 Å². The lowest BCUT2D eigenvalue weighted by molar-refractivity contribution is 0.0562. The van der Waals surface area contributed by atoms with Gasteiger partial charge in [-0.05, 0) is 48.6 Å². The Balaban J connectivity index is 1.48. The van der Waals surface area contributed by atoms with E-state index in [0.717, 1.165) is 41.5 Å². The van der Waals surface area contributed by atoms with Crippen LogP contribution in [-0.4, -0.2) is 28.4 Å². The van der Waals surface area contributed by atoms with Crippen LogP contribution in [-0.2, 0) is 0 Å². The number of piperidine rings is 1. The van der Waals surface area contributed by atoms with E-state index in [4.69, 9.17) is 10.2 Å². The number of nitrogens with zero attached hydrogens (tertiary/aromatic N) is 2. The molecule has 5 nitrogen and oxygen atoms in total. The molecule has 5 rings (SSSR count). The van der Waals surface area contributed by atoms with Crippen molar-refractivity contribution in [1.82, 2.24) is 9.88 Å². The van der Waals surface area contributed by atoms with Gasteiger partial charge in [0.2, 0.25) is 5.89 Å². The molecule has 2 unspecified atom stereocenters. The number of benzene rings is 3. The Kier molecular flexibility index (Phi) is 5.26. The number of hydrogen-bond acceptors (Lipinski definition) is 4. The van der Waals surface area contributed by atoms with Crippen LogP contribution in [0.15, 0.2) is 83.3 Å². The average Bonchev–Trinajstić information content (AvgIpc) is 3.28. The first-order valence-corrected chi connectivity index (χ1v) is 10.8. The first-order chi connectivity index (χ1) is 15.2. The predicted octanol–water partition coefficient (Wildman–Crippen LogP) is 5.19. The van der Waals surface area contributed by atoms with E-state index in [2.05, 4.69) is 4.98 Å². The average molecular weight is 412 g/mol. The molecule has 1 aliphatic rings. The van der Waals surface area contributed by atoms with E-state index in [1.807, 2.05) is 83.8 Å². The van der Waals surface area contributed by atoms with Crippen molar-refractivity contribution in [3.63, 3.8) is 0 Å². The standard InChI is InChI=1S/C26H25N3O2/c27-24(25-28-21-14-6-7-16-23(21)31-25)22-15-8-9-17-29(22)26(30)20-13-5-4-12-19(20)18-10-2-1-3-11-18/h1-7,10-14,16,22,24H,8-9,15,17,27H2. The number of hydrogen-bond donors (Lipinski definition) is 1. The molecular formula is C26H25N3O2. The van der Waals surface area contributed by atoms with Gasteiger partial charge in [0.05, 0.1) is 6.04 Å². The van der Waals surface area contributed by atoms with Crippen molar-refractivity contribution in [3.8, 4) is 11.1 Å². The molecule has 156 valence electrons. The summed E-state index contributed by atoms with van der Waals surface area (Å²) in [5, 5.41) is 0. The van der Waals surface area contributed by atoms with E-state index in [0.29, 0.717) is 18.0 Å². The molecule has 0 spiro atoms. The zero-order valence-electron chi connectivity index (χ0n) is 17.3. The summed E-state index contributed by atoms with van der Waals surface area (Å²) in [6, 6.07) is 24.8. The number of carbonyl (C=O) groups excluding carboxylic acids is 1. The van der Waals surface area contributed by atoms with Gasteiger partial charge >= 0.3 is 0 Å². The minimum absolute atomic E-state index is 0.00992. The molecule has 0 aliphatic carbocycles. The second-order valence-corrected chi connectivity index (χ2v) is 8.02. The molecule has 1 amide bonds. The maximum Gasteiger partial charge on any atom is 0.254 e. The lowest BCUT2D eigenvalue weighted by Gasteiger charge is -2.38. The van der Waals surface area contributed by atoms with Crippen LogP contribution < -0.4 is 5.73 Å². The molecule has 3 aromatic carbocycles. The molecule has 1 aromatic heterocycles. The third kappa shape index (κ3) is 3.73. The summed E-state index contributed by atoms with van der Waals surface area (Å²) >= 11 is 0. The zero-order chi connectivity index (χ0) is 21.2. The van der Waals surface area contributed by atoms with Crippen LogP contribution in [0.3, 0.4) is 0 Å². The Morgan fingerprint density at radius 2 is 1.71 bits per heavy atom. The van der Waals surface area contributed by atoms with Crippen molar-refractivity contribution in [2.75, 3.05) is 6.54 Å². The van der Waals surface area contributed by atoms with Crippen molar-refractivity contribution in [3.05, 3.63) is 90.3 Å². The van der Waals surface area contributed by atoms with Gasteiger partial charge in [0.25, 0.3) is 5.91 Å². The molecule has 5 heteroatoms. The first-order valence-electron chi connectivity index (χ1n) is 10.8. The number of aromatic nitrogens is 1. The van der Waals surface area contributed by atoms with E-state index in [1.54, 1.807) is 0 Å². The number of likely N-dealkylation sites (tertiary alicyclic amines) is 1. The quantitative estimate of drug-likeness (QED) is 0.502.